The van der Waals surface area contributed by atoms with Gasteiger partial charge < -0.3 is 5.32 Å². The molecule has 100 valence electrons. The van der Waals surface area contributed by atoms with E-state index in [0.29, 0.717) is 23.3 Å². The van der Waals surface area contributed by atoms with Gasteiger partial charge in [0.25, 0.3) is 0 Å². The zero-order valence-corrected chi connectivity index (χ0v) is 13.0. The van der Waals surface area contributed by atoms with Crippen molar-refractivity contribution in [1.29, 1.82) is 0 Å². The molecule has 0 radical (unpaired) electrons. The molecule has 0 aromatic heterocycles. The molecule has 0 spiro atoms. The van der Waals surface area contributed by atoms with Gasteiger partial charge in [-0.15, -0.1) is 11.8 Å². The van der Waals surface area contributed by atoms with Gasteiger partial charge in [0.1, 0.15) is 0 Å². The average Bonchev–Trinajstić information content (AvgIpc) is 2.27. The van der Waals surface area contributed by atoms with Crippen LogP contribution in [-0.4, -0.2) is 11.3 Å². The number of nitrogens with one attached hydrogen (secondary N) is 1. The van der Waals surface area contributed by atoms with Crippen LogP contribution in [0.5, 0.6) is 0 Å². The van der Waals surface area contributed by atoms with E-state index in [4.69, 9.17) is 0 Å². The monoisotopic (exact) mass is 263 g/mol. The Kier molecular flexibility index (Phi) is 4.39. The van der Waals surface area contributed by atoms with Crippen molar-refractivity contribution >= 4 is 11.8 Å². The molecule has 18 heavy (non-hydrogen) atoms. The number of hydrogen-bond acceptors (Lipinski definition) is 2. The molecule has 0 aliphatic carbocycles. The summed E-state index contributed by atoms with van der Waals surface area (Å²) in [5.41, 5.74) is 2.97. The fourth-order valence-electron chi connectivity index (χ4n) is 2.59. The first-order valence-corrected chi connectivity index (χ1v) is 7.92. The van der Waals surface area contributed by atoms with Gasteiger partial charge in [0.2, 0.25) is 0 Å². The van der Waals surface area contributed by atoms with Gasteiger partial charge in [-0.1, -0.05) is 46.8 Å². The Hall–Kier alpha value is -0.470. The molecule has 1 aliphatic heterocycles. The summed E-state index contributed by atoms with van der Waals surface area (Å²) in [6.07, 6.45) is 1.23. The van der Waals surface area contributed by atoms with Gasteiger partial charge >= 0.3 is 0 Å². The van der Waals surface area contributed by atoms with Gasteiger partial charge in [-0.3, -0.25) is 0 Å². The minimum Gasteiger partial charge on any atom is -0.308 e. The lowest BCUT2D eigenvalue weighted by molar-refractivity contribution is 0.441. The summed E-state index contributed by atoms with van der Waals surface area (Å²) in [7, 11) is 0. The van der Waals surface area contributed by atoms with Crippen LogP contribution >= 0.6 is 11.8 Å². The third kappa shape index (κ3) is 3.10. The Labute approximate surface area is 116 Å². The molecule has 1 heterocycles. The molecular weight excluding hydrogens is 238 g/mol. The van der Waals surface area contributed by atoms with Gasteiger partial charge in [-0.25, -0.2) is 0 Å². The van der Waals surface area contributed by atoms with E-state index in [9.17, 15) is 0 Å². The van der Waals surface area contributed by atoms with E-state index in [1.165, 1.54) is 22.4 Å². The van der Waals surface area contributed by atoms with Crippen molar-refractivity contribution in [2.45, 2.75) is 69.2 Å². The summed E-state index contributed by atoms with van der Waals surface area (Å²) in [6, 6.07) is 8.09. The van der Waals surface area contributed by atoms with Crippen LogP contribution in [0.2, 0.25) is 0 Å². The molecule has 2 unspecified atom stereocenters. The van der Waals surface area contributed by atoms with Crippen LogP contribution in [0.4, 0.5) is 0 Å². The Morgan fingerprint density at radius 3 is 2.56 bits per heavy atom. The fourth-order valence-corrected chi connectivity index (χ4v) is 3.80. The van der Waals surface area contributed by atoms with Crippen molar-refractivity contribution < 1.29 is 0 Å². The van der Waals surface area contributed by atoms with Crippen molar-refractivity contribution in [1.82, 2.24) is 5.32 Å². The third-order valence-corrected chi connectivity index (χ3v) is 4.73. The highest BCUT2D eigenvalue weighted by atomic mass is 32.2. The predicted octanol–water partition coefficient (Wildman–Crippen LogP) is 4.73. The quantitative estimate of drug-likeness (QED) is 0.846. The molecule has 0 amide bonds. The molecular formula is C16H25NS. The molecule has 1 aromatic rings. The van der Waals surface area contributed by atoms with Gasteiger partial charge in [0.05, 0.1) is 0 Å². The summed E-state index contributed by atoms with van der Waals surface area (Å²) < 4.78 is 0. The summed E-state index contributed by atoms with van der Waals surface area (Å²) in [6.45, 7) is 11.3. The SMILES string of the molecule is CC(C)NC1CC(C)Sc2ccc(C(C)C)cc21. The van der Waals surface area contributed by atoms with Crippen molar-refractivity contribution in [3.8, 4) is 0 Å². The highest BCUT2D eigenvalue weighted by molar-refractivity contribution is 8.00. The van der Waals surface area contributed by atoms with E-state index < -0.39 is 0 Å². The van der Waals surface area contributed by atoms with E-state index in [2.05, 4.69) is 58.1 Å². The maximum absolute atomic E-state index is 3.72. The first kappa shape index (κ1) is 14.0. The molecule has 0 saturated heterocycles. The number of fused-ring (bicyclic) bond motifs is 1. The zero-order valence-electron chi connectivity index (χ0n) is 12.2. The number of hydrogen-bond donors (Lipinski definition) is 1. The van der Waals surface area contributed by atoms with Gasteiger partial charge in [-0.2, -0.15) is 0 Å². The second-order valence-electron chi connectivity index (χ2n) is 5.99. The largest absolute Gasteiger partial charge is 0.308 e. The third-order valence-electron chi connectivity index (χ3n) is 3.51. The first-order valence-electron chi connectivity index (χ1n) is 7.04. The van der Waals surface area contributed by atoms with Crippen molar-refractivity contribution in [2.75, 3.05) is 0 Å². The summed E-state index contributed by atoms with van der Waals surface area (Å²) >= 11 is 2.02. The molecule has 2 rings (SSSR count). The standard InChI is InChI=1S/C16H25NS/c1-10(2)13-6-7-16-14(9-13)15(17-11(3)4)8-12(5)18-16/h6-7,9-12,15,17H,8H2,1-5H3. The minimum absolute atomic E-state index is 0.523. The van der Waals surface area contributed by atoms with Crippen LogP contribution in [-0.2, 0) is 0 Å². The second-order valence-corrected chi connectivity index (χ2v) is 7.47. The van der Waals surface area contributed by atoms with Crippen molar-refractivity contribution in [2.24, 2.45) is 0 Å². The second kappa shape index (κ2) is 5.66. The Bertz CT molecular complexity index is 412. The van der Waals surface area contributed by atoms with Gasteiger partial charge in [0, 0.05) is 22.2 Å². The lowest BCUT2D eigenvalue weighted by Gasteiger charge is -2.32. The molecule has 2 heteroatoms. The molecule has 2 atom stereocenters. The molecule has 1 aliphatic rings. The average molecular weight is 263 g/mol. The van der Waals surface area contributed by atoms with E-state index in [1.54, 1.807) is 0 Å². The zero-order chi connectivity index (χ0) is 13.3. The lowest BCUT2D eigenvalue weighted by Crippen LogP contribution is -2.32. The van der Waals surface area contributed by atoms with Crippen molar-refractivity contribution in [3.05, 3.63) is 29.3 Å². The predicted molar refractivity (Wildman–Crippen MR) is 81.5 cm³/mol. The van der Waals surface area contributed by atoms with Crippen LogP contribution in [0.3, 0.4) is 0 Å². The van der Waals surface area contributed by atoms with Crippen LogP contribution in [0.1, 0.15) is 64.1 Å². The Balaban J connectivity index is 2.34. The van der Waals surface area contributed by atoms with Gasteiger partial charge in [-0.05, 0) is 29.5 Å². The normalized spacial score (nSPS) is 23.5. The molecule has 1 nitrogen and oxygen atoms in total. The smallest absolute Gasteiger partial charge is 0.0344 e. The van der Waals surface area contributed by atoms with Crippen LogP contribution in [0.25, 0.3) is 0 Å². The van der Waals surface area contributed by atoms with Gasteiger partial charge in [0.15, 0.2) is 0 Å². The van der Waals surface area contributed by atoms with E-state index in [-0.39, 0.29) is 0 Å². The summed E-state index contributed by atoms with van der Waals surface area (Å²) in [5.74, 6) is 0.611. The van der Waals surface area contributed by atoms with E-state index in [0.717, 1.165) is 0 Å². The number of thioether (sulfide) groups is 1. The Morgan fingerprint density at radius 1 is 1.22 bits per heavy atom. The minimum atomic E-state index is 0.523. The van der Waals surface area contributed by atoms with E-state index >= 15 is 0 Å². The fraction of sp³-hybridized carbons (Fsp3) is 0.625. The van der Waals surface area contributed by atoms with Crippen LogP contribution in [0, 0.1) is 0 Å². The summed E-state index contributed by atoms with van der Waals surface area (Å²) in [5, 5.41) is 4.43. The topological polar surface area (TPSA) is 12.0 Å². The molecule has 0 bridgehead atoms. The maximum Gasteiger partial charge on any atom is 0.0344 e. The van der Waals surface area contributed by atoms with Crippen LogP contribution < -0.4 is 5.32 Å². The molecule has 1 N–H and O–H groups in total. The lowest BCUT2D eigenvalue weighted by atomic mass is 9.94. The number of rotatable bonds is 3. The van der Waals surface area contributed by atoms with E-state index in [1.807, 2.05) is 11.8 Å². The molecule has 1 aromatic carbocycles. The molecule has 0 fully saturated rings. The van der Waals surface area contributed by atoms with Crippen LogP contribution in [0.15, 0.2) is 23.1 Å². The first-order chi connectivity index (χ1) is 8.47. The highest BCUT2D eigenvalue weighted by Gasteiger charge is 2.25. The van der Waals surface area contributed by atoms with Crippen molar-refractivity contribution in [3.63, 3.8) is 0 Å². The molecule has 0 saturated carbocycles. The number of benzene rings is 1. The highest BCUT2D eigenvalue weighted by Crippen LogP contribution is 2.41. The Morgan fingerprint density at radius 2 is 1.94 bits per heavy atom. The maximum atomic E-state index is 3.72. The summed E-state index contributed by atoms with van der Waals surface area (Å²) in [4.78, 5) is 1.47.